The molecule has 0 saturated carbocycles. The van der Waals surface area contributed by atoms with Crippen LogP contribution in [-0.2, 0) is 11.8 Å². The fraction of sp³-hybridized carbons (Fsp3) is 0.346. The fourth-order valence-corrected chi connectivity index (χ4v) is 4.74. The molecule has 9 nitrogen and oxygen atoms in total. The molecule has 5 rings (SSSR count). The molecule has 1 saturated heterocycles. The zero-order valence-electron chi connectivity index (χ0n) is 19.9. The molecule has 0 radical (unpaired) electrons. The van der Waals surface area contributed by atoms with Gasteiger partial charge in [-0.1, -0.05) is 36.4 Å². The topological polar surface area (TPSA) is 88.9 Å². The van der Waals surface area contributed by atoms with Gasteiger partial charge in [0.05, 0.1) is 13.0 Å². The molecule has 2 aromatic carbocycles. The lowest BCUT2D eigenvalue weighted by Crippen LogP contribution is -2.50. The lowest BCUT2D eigenvalue weighted by molar-refractivity contribution is -0.121. The van der Waals surface area contributed by atoms with Crippen LogP contribution < -0.4 is 14.8 Å². The van der Waals surface area contributed by atoms with E-state index in [0.29, 0.717) is 31.1 Å². The Balaban J connectivity index is 1.16. The van der Waals surface area contributed by atoms with E-state index < -0.39 is 5.92 Å². The number of hydrogen-bond donors (Lipinski definition) is 1. The van der Waals surface area contributed by atoms with E-state index in [9.17, 15) is 9.59 Å². The summed E-state index contributed by atoms with van der Waals surface area (Å²) in [5.41, 5.74) is 2.23. The zero-order chi connectivity index (χ0) is 24.4. The quantitative estimate of drug-likeness (QED) is 0.588. The monoisotopic (exact) mass is 475 g/mol. The first kappa shape index (κ1) is 22.9. The van der Waals surface area contributed by atoms with E-state index in [1.807, 2.05) is 53.4 Å². The summed E-state index contributed by atoms with van der Waals surface area (Å²) < 4.78 is 12.8. The number of nitrogens with one attached hydrogen (secondary N) is 1. The van der Waals surface area contributed by atoms with Crippen LogP contribution in [0, 0.1) is 0 Å². The maximum Gasteiger partial charge on any atom is 0.261 e. The highest BCUT2D eigenvalue weighted by atomic mass is 16.5. The standard InChI is InChI=1S/C26H29N5O4/c1-29-17-20(25(28-29)34-2)26(33)31-15-13-30(14-16-31)12-11-27-24(32)23-18-7-3-5-9-21(18)35-22-10-6-4-8-19(22)23/h3-10,17,23H,11-16H2,1-2H3,(H,27,32). The molecule has 2 amide bonds. The molecule has 35 heavy (non-hydrogen) atoms. The van der Waals surface area contributed by atoms with Gasteiger partial charge in [0.15, 0.2) is 0 Å². The average Bonchev–Trinajstić information content (AvgIpc) is 3.27. The number of amides is 2. The molecule has 0 unspecified atom stereocenters. The van der Waals surface area contributed by atoms with Crippen molar-refractivity contribution in [3.8, 4) is 17.4 Å². The molecule has 1 N–H and O–H groups in total. The van der Waals surface area contributed by atoms with Crippen molar-refractivity contribution in [1.29, 1.82) is 0 Å². The fourth-order valence-electron chi connectivity index (χ4n) is 4.74. The molecule has 0 atom stereocenters. The van der Waals surface area contributed by atoms with Crippen LogP contribution in [0.15, 0.2) is 54.7 Å². The first-order chi connectivity index (χ1) is 17.0. The van der Waals surface area contributed by atoms with E-state index in [4.69, 9.17) is 9.47 Å². The van der Waals surface area contributed by atoms with Gasteiger partial charge < -0.3 is 19.7 Å². The van der Waals surface area contributed by atoms with Gasteiger partial charge in [-0.3, -0.25) is 19.2 Å². The minimum Gasteiger partial charge on any atom is -0.479 e. The van der Waals surface area contributed by atoms with Crippen LogP contribution in [0.4, 0.5) is 0 Å². The predicted octanol–water partition coefficient (Wildman–Crippen LogP) is 2.24. The highest BCUT2D eigenvalue weighted by Crippen LogP contribution is 2.43. The van der Waals surface area contributed by atoms with Crippen LogP contribution >= 0.6 is 0 Å². The van der Waals surface area contributed by atoms with Crippen molar-refractivity contribution in [1.82, 2.24) is 24.9 Å². The van der Waals surface area contributed by atoms with Gasteiger partial charge in [0.25, 0.3) is 5.91 Å². The largest absolute Gasteiger partial charge is 0.479 e. The van der Waals surface area contributed by atoms with E-state index in [-0.39, 0.29) is 11.8 Å². The van der Waals surface area contributed by atoms with Gasteiger partial charge in [-0.15, -0.1) is 5.10 Å². The van der Waals surface area contributed by atoms with Crippen molar-refractivity contribution in [2.75, 3.05) is 46.4 Å². The molecule has 0 spiro atoms. The lowest BCUT2D eigenvalue weighted by Gasteiger charge is -2.34. The third-order valence-electron chi connectivity index (χ3n) is 6.55. The highest BCUT2D eigenvalue weighted by Gasteiger charge is 2.32. The maximum absolute atomic E-state index is 13.3. The highest BCUT2D eigenvalue weighted by molar-refractivity contribution is 5.96. The average molecular weight is 476 g/mol. The molecule has 0 aliphatic carbocycles. The van der Waals surface area contributed by atoms with Crippen molar-refractivity contribution in [3.63, 3.8) is 0 Å². The summed E-state index contributed by atoms with van der Waals surface area (Å²) in [4.78, 5) is 30.2. The van der Waals surface area contributed by atoms with Gasteiger partial charge in [-0.05, 0) is 12.1 Å². The summed E-state index contributed by atoms with van der Waals surface area (Å²) in [7, 11) is 3.28. The number of benzene rings is 2. The Morgan fingerprint density at radius 1 is 1.03 bits per heavy atom. The van der Waals surface area contributed by atoms with Crippen molar-refractivity contribution in [2.24, 2.45) is 7.05 Å². The number of carbonyl (C=O) groups is 2. The van der Waals surface area contributed by atoms with Crippen molar-refractivity contribution in [3.05, 3.63) is 71.4 Å². The van der Waals surface area contributed by atoms with Crippen LogP contribution in [0.1, 0.15) is 27.4 Å². The molecule has 182 valence electrons. The summed E-state index contributed by atoms with van der Waals surface area (Å²) in [5, 5.41) is 7.29. The number of carbonyl (C=O) groups excluding carboxylic acids is 2. The Morgan fingerprint density at radius 3 is 2.29 bits per heavy atom. The third kappa shape index (κ3) is 4.59. The van der Waals surface area contributed by atoms with E-state index >= 15 is 0 Å². The predicted molar refractivity (Wildman–Crippen MR) is 130 cm³/mol. The second-order valence-electron chi connectivity index (χ2n) is 8.76. The molecule has 9 heteroatoms. The van der Waals surface area contributed by atoms with Crippen LogP contribution in [0.3, 0.4) is 0 Å². The summed E-state index contributed by atoms with van der Waals surface area (Å²) in [6.07, 6.45) is 1.69. The van der Waals surface area contributed by atoms with Crippen LogP contribution in [0.5, 0.6) is 17.4 Å². The number of methoxy groups -OCH3 is 1. The number of aryl methyl sites for hydroxylation is 1. The lowest BCUT2D eigenvalue weighted by atomic mass is 9.87. The van der Waals surface area contributed by atoms with E-state index in [0.717, 1.165) is 42.3 Å². The van der Waals surface area contributed by atoms with Crippen LogP contribution in [0.2, 0.25) is 0 Å². The second-order valence-corrected chi connectivity index (χ2v) is 8.76. The first-order valence-electron chi connectivity index (χ1n) is 11.8. The molecule has 3 aromatic rings. The van der Waals surface area contributed by atoms with E-state index in [2.05, 4.69) is 15.3 Å². The third-order valence-corrected chi connectivity index (χ3v) is 6.55. The Morgan fingerprint density at radius 2 is 1.66 bits per heavy atom. The van der Waals surface area contributed by atoms with Gasteiger partial charge in [0.2, 0.25) is 11.8 Å². The molecule has 2 aliphatic rings. The Kier molecular flexibility index (Phi) is 6.41. The number of rotatable bonds is 6. The number of para-hydroxylation sites is 2. The van der Waals surface area contributed by atoms with Crippen molar-refractivity contribution in [2.45, 2.75) is 5.92 Å². The smallest absolute Gasteiger partial charge is 0.261 e. The molecular weight excluding hydrogens is 446 g/mol. The zero-order valence-corrected chi connectivity index (χ0v) is 19.9. The molecule has 3 heterocycles. The Labute approximate surface area is 204 Å². The maximum atomic E-state index is 13.3. The second kappa shape index (κ2) is 9.79. The summed E-state index contributed by atoms with van der Waals surface area (Å²) in [5.74, 6) is 1.28. The van der Waals surface area contributed by atoms with Gasteiger partial charge in [-0.25, -0.2) is 0 Å². The number of aromatic nitrogens is 2. The summed E-state index contributed by atoms with van der Waals surface area (Å²) in [6.45, 7) is 3.97. The summed E-state index contributed by atoms with van der Waals surface area (Å²) >= 11 is 0. The first-order valence-corrected chi connectivity index (χ1v) is 11.8. The Bertz CT molecular complexity index is 1190. The van der Waals surface area contributed by atoms with Gasteiger partial charge >= 0.3 is 0 Å². The number of hydrogen-bond acceptors (Lipinski definition) is 6. The normalized spacial score (nSPS) is 15.7. The number of fused-ring (bicyclic) bond motifs is 2. The number of piperazine rings is 1. The Hall–Kier alpha value is -3.85. The van der Waals surface area contributed by atoms with Crippen molar-refractivity contribution >= 4 is 11.8 Å². The molecule has 1 aromatic heterocycles. The molecular formula is C26H29N5O4. The summed E-state index contributed by atoms with van der Waals surface area (Å²) in [6, 6.07) is 15.4. The SMILES string of the molecule is COc1nn(C)cc1C(=O)N1CCN(CCNC(=O)C2c3ccccc3Oc3ccccc32)CC1. The van der Waals surface area contributed by atoms with E-state index in [1.54, 1.807) is 17.9 Å². The van der Waals surface area contributed by atoms with Crippen LogP contribution in [-0.4, -0.2) is 77.8 Å². The van der Waals surface area contributed by atoms with E-state index in [1.165, 1.54) is 7.11 Å². The number of ether oxygens (including phenoxy) is 2. The van der Waals surface area contributed by atoms with Crippen LogP contribution in [0.25, 0.3) is 0 Å². The van der Waals surface area contributed by atoms with Crippen molar-refractivity contribution < 1.29 is 19.1 Å². The minimum absolute atomic E-state index is 0.0364. The molecule has 2 aliphatic heterocycles. The van der Waals surface area contributed by atoms with Gasteiger partial charge in [-0.2, -0.15) is 0 Å². The number of nitrogens with zero attached hydrogens (tertiary/aromatic N) is 4. The molecule has 0 bridgehead atoms. The van der Waals surface area contributed by atoms with Gasteiger partial charge in [0, 0.05) is 63.6 Å². The minimum atomic E-state index is -0.403. The van der Waals surface area contributed by atoms with Gasteiger partial charge in [0.1, 0.15) is 17.1 Å². The molecule has 1 fully saturated rings.